The van der Waals surface area contributed by atoms with Crippen molar-refractivity contribution >= 4 is 38.3 Å². The molecule has 0 aliphatic heterocycles. The third-order valence-electron chi connectivity index (χ3n) is 3.70. The fourth-order valence-electron chi connectivity index (χ4n) is 2.59. The van der Waals surface area contributed by atoms with Gasteiger partial charge in [-0.3, -0.25) is 10.1 Å². The highest BCUT2D eigenvalue weighted by Crippen LogP contribution is 2.32. The molecule has 1 radical (unpaired) electrons. The second kappa shape index (κ2) is 6.66. The van der Waals surface area contributed by atoms with E-state index in [-0.39, 0.29) is 5.91 Å². The molecule has 3 rings (SSSR count). The molecule has 1 fully saturated rings. The zero-order valence-corrected chi connectivity index (χ0v) is 13.8. The first-order chi connectivity index (χ1) is 10.2. The predicted molar refractivity (Wildman–Crippen MR) is 87.5 cm³/mol. The van der Waals surface area contributed by atoms with Crippen molar-refractivity contribution in [2.45, 2.75) is 31.6 Å². The van der Waals surface area contributed by atoms with Crippen molar-refractivity contribution in [1.29, 1.82) is 0 Å². The first kappa shape index (κ1) is 14.7. The number of amides is 1. The molecule has 0 bridgehead atoms. The summed E-state index contributed by atoms with van der Waals surface area (Å²) >= 11 is 4.52. The monoisotopic (exact) mass is 364 g/mol. The van der Waals surface area contributed by atoms with E-state index in [1.807, 2.05) is 12.1 Å². The number of nitrogens with zero attached hydrogens (tertiary/aromatic N) is 2. The topological polar surface area (TPSA) is 54.9 Å². The number of benzene rings is 1. The molecule has 1 aliphatic carbocycles. The zero-order chi connectivity index (χ0) is 14.7. The minimum atomic E-state index is -0.151. The quantitative estimate of drug-likeness (QED) is 0.876. The Morgan fingerprint density at radius 1 is 1.19 bits per heavy atom. The third-order valence-corrected chi connectivity index (χ3v) is 4.97. The van der Waals surface area contributed by atoms with Crippen LogP contribution in [0, 0.1) is 6.42 Å². The normalized spacial score (nSPS) is 15.9. The smallest absolute Gasteiger partial charge is 0.257 e. The number of rotatable bonds is 3. The van der Waals surface area contributed by atoms with Gasteiger partial charge in [0.25, 0.3) is 5.91 Å². The Balaban J connectivity index is 1.67. The third kappa shape index (κ3) is 3.68. The lowest BCUT2D eigenvalue weighted by Gasteiger charge is -2.21. The molecule has 1 aromatic heterocycles. The summed E-state index contributed by atoms with van der Waals surface area (Å²) in [6.45, 7) is 0. The van der Waals surface area contributed by atoms with E-state index in [0.717, 1.165) is 0 Å². The highest BCUT2D eigenvalue weighted by molar-refractivity contribution is 9.11. The van der Waals surface area contributed by atoms with Crippen LogP contribution in [-0.4, -0.2) is 16.1 Å². The summed E-state index contributed by atoms with van der Waals surface area (Å²) in [5.41, 5.74) is 1.98. The molecule has 21 heavy (non-hydrogen) atoms. The van der Waals surface area contributed by atoms with E-state index in [4.69, 9.17) is 0 Å². The van der Waals surface area contributed by atoms with Crippen molar-refractivity contribution in [2.24, 2.45) is 0 Å². The lowest BCUT2D eigenvalue weighted by molar-refractivity contribution is 0.102. The maximum Gasteiger partial charge on any atom is 0.257 e. The number of carbonyl (C=O) groups excluding carboxylic acids is 1. The minimum absolute atomic E-state index is 0.151. The van der Waals surface area contributed by atoms with Crippen molar-refractivity contribution in [3.05, 3.63) is 45.7 Å². The molecule has 1 saturated carbocycles. The number of hydrogen-bond acceptors (Lipinski definition) is 4. The molecule has 0 atom stereocenters. The van der Waals surface area contributed by atoms with Gasteiger partial charge in [-0.2, -0.15) is 0 Å². The van der Waals surface area contributed by atoms with Crippen LogP contribution in [0.2, 0.25) is 0 Å². The molecular formula is C15H15BrN3OS. The SMILES string of the molecule is O=C(Nc1nnc(Br)s1)c1ccc(C2CC[CH]CC2)cc1. The van der Waals surface area contributed by atoms with Gasteiger partial charge in [-0.1, -0.05) is 23.5 Å². The summed E-state index contributed by atoms with van der Waals surface area (Å²) in [5, 5.41) is 10.9. The molecule has 1 aromatic carbocycles. The maximum atomic E-state index is 12.1. The average Bonchev–Trinajstić information content (AvgIpc) is 2.93. The largest absolute Gasteiger partial charge is 0.296 e. The molecule has 1 heterocycles. The summed E-state index contributed by atoms with van der Waals surface area (Å²) in [7, 11) is 0. The van der Waals surface area contributed by atoms with Crippen LogP contribution in [0.5, 0.6) is 0 Å². The molecule has 6 heteroatoms. The van der Waals surface area contributed by atoms with Crippen LogP contribution in [0.25, 0.3) is 0 Å². The van der Waals surface area contributed by atoms with Crippen LogP contribution in [0.1, 0.15) is 47.5 Å². The van der Waals surface area contributed by atoms with E-state index in [9.17, 15) is 4.79 Å². The van der Waals surface area contributed by atoms with E-state index in [2.05, 4.69) is 50.0 Å². The van der Waals surface area contributed by atoms with Gasteiger partial charge in [0.15, 0.2) is 3.92 Å². The molecule has 109 valence electrons. The number of aromatic nitrogens is 2. The van der Waals surface area contributed by atoms with Crippen LogP contribution in [0.3, 0.4) is 0 Å². The molecule has 1 aliphatic rings. The van der Waals surface area contributed by atoms with Crippen LogP contribution < -0.4 is 5.32 Å². The van der Waals surface area contributed by atoms with E-state index in [0.29, 0.717) is 20.5 Å². The summed E-state index contributed by atoms with van der Waals surface area (Å²) in [6.07, 6.45) is 7.17. The highest BCUT2D eigenvalue weighted by Gasteiger charge is 2.16. The Kier molecular flexibility index (Phi) is 4.65. The van der Waals surface area contributed by atoms with Crippen LogP contribution >= 0.6 is 27.3 Å². The van der Waals surface area contributed by atoms with E-state index >= 15 is 0 Å². The molecular weight excluding hydrogens is 350 g/mol. The molecule has 2 aromatic rings. The standard InChI is InChI=1S/C15H15BrN3OS/c16-14-18-19-15(21-14)17-13(20)12-8-6-11(7-9-12)10-4-2-1-3-5-10/h1,6-10H,2-5H2,(H,17,19,20). The van der Waals surface area contributed by atoms with Gasteiger partial charge >= 0.3 is 0 Å². The van der Waals surface area contributed by atoms with Gasteiger partial charge in [-0.15, -0.1) is 10.2 Å². The second-order valence-electron chi connectivity index (χ2n) is 5.08. The average molecular weight is 365 g/mol. The molecule has 4 nitrogen and oxygen atoms in total. The van der Waals surface area contributed by atoms with E-state index < -0.39 is 0 Å². The summed E-state index contributed by atoms with van der Waals surface area (Å²) in [4.78, 5) is 12.1. The van der Waals surface area contributed by atoms with Gasteiger partial charge in [0.05, 0.1) is 0 Å². The first-order valence-electron chi connectivity index (χ1n) is 6.94. The fraction of sp³-hybridized carbons (Fsp3) is 0.333. The summed E-state index contributed by atoms with van der Waals surface area (Å²) in [5.74, 6) is 0.480. The Morgan fingerprint density at radius 2 is 1.90 bits per heavy atom. The number of carbonyl (C=O) groups is 1. The number of anilines is 1. The number of nitrogens with one attached hydrogen (secondary N) is 1. The van der Waals surface area contributed by atoms with Crippen molar-refractivity contribution in [2.75, 3.05) is 5.32 Å². The fourth-order valence-corrected chi connectivity index (χ4v) is 3.60. The molecule has 1 N–H and O–H groups in total. The van der Waals surface area contributed by atoms with Crippen LogP contribution in [-0.2, 0) is 0 Å². The van der Waals surface area contributed by atoms with Crippen molar-refractivity contribution in [1.82, 2.24) is 10.2 Å². The van der Waals surface area contributed by atoms with Gasteiger partial charge in [0, 0.05) is 5.56 Å². The molecule has 1 amide bonds. The van der Waals surface area contributed by atoms with Gasteiger partial charge < -0.3 is 0 Å². The van der Waals surface area contributed by atoms with Gasteiger partial charge in [-0.25, -0.2) is 0 Å². The molecule has 0 unspecified atom stereocenters. The Morgan fingerprint density at radius 3 is 2.52 bits per heavy atom. The number of hydrogen-bond donors (Lipinski definition) is 1. The lowest BCUT2D eigenvalue weighted by Crippen LogP contribution is -2.12. The summed E-state index contributed by atoms with van der Waals surface area (Å²) < 4.78 is 0.655. The van der Waals surface area contributed by atoms with Crippen LogP contribution in [0.15, 0.2) is 28.2 Å². The first-order valence-corrected chi connectivity index (χ1v) is 8.55. The summed E-state index contributed by atoms with van der Waals surface area (Å²) in [6, 6.07) is 7.92. The zero-order valence-electron chi connectivity index (χ0n) is 11.4. The Bertz CT molecular complexity index is 620. The maximum absolute atomic E-state index is 12.1. The minimum Gasteiger partial charge on any atom is -0.296 e. The Labute approximate surface area is 136 Å². The van der Waals surface area contributed by atoms with Gasteiger partial charge in [-0.05, 0) is 71.6 Å². The highest BCUT2D eigenvalue weighted by atomic mass is 79.9. The van der Waals surface area contributed by atoms with E-state index in [1.54, 1.807) is 0 Å². The van der Waals surface area contributed by atoms with Crippen molar-refractivity contribution < 1.29 is 4.79 Å². The molecule has 0 saturated heterocycles. The van der Waals surface area contributed by atoms with Crippen LogP contribution in [0.4, 0.5) is 5.13 Å². The van der Waals surface area contributed by atoms with Crippen molar-refractivity contribution in [3.8, 4) is 0 Å². The molecule has 0 spiro atoms. The number of halogens is 1. The van der Waals surface area contributed by atoms with Gasteiger partial charge in [0.2, 0.25) is 5.13 Å². The van der Waals surface area contributed by atoms with E-state index in [1.165, 1.54) is 42.6 Å². The predicted octanol–water partition coefficient (Wildman–Crippen LogP) is 4.41. The second-order valence-corrected chi connectivity index (χ2v) is 7.33. The van der Waals surface area contributed by atoms with Gasteiger partial charge in [0.1, 0.15) is 0 Å². The van der Waals surface area contributed by atoms with Crippen molar-refractivity contribution in [3.63, 3.8) is 0 Å². The lowest BCUT2D eigenvalue weighted by atomic mass is 9.84. The Hall–Kier alpha value is -1.27.